The Balaban J connectivity index is 1.28. The van der Waals surface area contributed by atoms with E-state index in [1.807, 2.05) is 39.8 Å². The molecule has 3 aliphatic heterocycles. The second-order valence-corrected chi connectivity index (χ2v) is 13.2. The first-order chi connectivity index (χ1) is 18.5. The van der Waals surface area contributed by atoms with Crippen molar-refractivity contribution in [1.29, 1.82) is 0 Å². The molecule has 4 atom stereocenters. The van der Waals surface area contributed by atoms with Gasteiger partial charge < -0.3 is 24.8 Å². The Morgan fingerprint density at radius 2 is 1.85 bits per heavy atom. The third-order valence-electron chi connectivity index (χ3n) is 7.85. The number of rotatable bonds is 6. The van der Waals surface area contributed by atoms with E-state index in [0.717, 1.165) is 42.6 Å². The van der Waals surface area contributed by atoms with Gasteiger partial charge in [-0.1, -0.05) is 39.8 Å². The van der Waals surface area contributed by atoms with Crippen LogP contribution in [0, 0.1) is 11.3 Å². The Morgan fingerprint density at radius 1 is 1.15 bits per heavy atom. The minimum Gasteiger partial charge on any atom is -0.367 e. The number of ketones is 1. The fourth-order valence-corrected chi connectivity index (χ4v) is 6.59. The highest BCUT2D eigenvalue weighted by atomic mass is 32.1. The summed E-state index contributed by atoms with van der Waals surface area (Å²) in [5.74, 6) is -0.510. The van der Waals surface area contributed by atoms with E-state index in [1.165, 1.54) is 0 Å². The molecule has 5 rings (SSSR count). The molecule has 0 aliphatic carbocycles. The predicted octanol–water partition coefficient (Wildman–Crippen LogP) is 2.91. The van der Waals surface area contributed by atoms with Crippen LogP contribution in [0.3, 0.4) is 0 Å². The number of likely N-dealkylation sites (tertiary alicyclic amines) is 1. The van der Waals surface area contributed by atoms with Gasteiger partial charge in [0.25, 0.3) is 5.91 Å². The summed E-state index contributed by atoms with van der Waals surface area (Å²) in [6, 6.07) is 6.07. The van der Waals surface area contributed by atoms with Crippen molar-refractivity contribution in [3.63, 3.8) is 0 Å². The first kappa shape index (κ1) is 27.7. The van der Waals surface area contributed by atoms with Gasteiger partial charge in [-0.05, 0) is 31.0 Å². The molecule has 1 N–H and O–H groups in total. The molecular weight excluding hydrogens is 514 g/mol. The van der Waals surface area contributed by atoms with E-state index in [0.29, 0.717) is 18.5 Å². The van der Waals surface area contributed by atoms with E-state index in [4.69, 9.17) is 9.72 Å². The molecule has 10 heteroatoms. The second-order valence-electron chi connectivity index (χ2n) is 12.3. The normalized spacial score (nSPS) is 24.6. The number of thiazole rings is 1. The summed E-state index contributed by atoms with van der Waals surface area (Å²) < 4.78 is 5.66. The van der Waals surface area contributed by atoms with E-state index in [2.05, 4.69) is 27.5 Å². The Bertz CT molecular complexity index is 1220. The molecule has 0 unspecified atom stereocenters. The highest BCUT2D eigenvalue weighted by Gasteiger charge is 2.51. The third kappa shape index (κ3) is 6.02. The molecule has 0 bridgehead atoms. The maximum atomic E-state index is 13.7. The van der Waals surface area contributed by atoms with E-state index in [-0.39, 0.29) is 41.6 Å². The number of amides is 2. The summed E-state index contributed by atoms with van der Waals surface area (Å²) in [5.41, 5.74) is 2.11. The lowest BCUT2D eigenvalue weighted by Crippen LogP contribution is -2.53. The first-order valence-electron chi connectivity index (χ1n) is 13.8. The van der Waals surface area contributed by atoms with Crippen LogP contribution in [0.2, 0.25) is 0 Å². The molecule has 0 spiro atoms. The number of carbonyl (C=O) groups is 3. The second kappa shape index (κ2) is 11.0. The zero-order chi connectivity index (χ0) is 27.9. The number of fused-ring (bicyclic) bond motifs is 1. The summed E-state index contributed by atoms with van der Waals surface area (Å²) >= 11 is 1.64. The Morgan fingerprint density at radius 3 is 2.51 bits per heavy atom. The fourth-order valence-electron chi connectivity index (χ4n) is 5.71. The highest BCUT2D eigenvalue weighted by molar-refractivity contribution is 7.14. The number of ether oxygens (including phenoxy) is 1. The number of carbonyl (C=O) groups excluding carboxylic acids is 3. The average Bonchev–Trinajstić information content (AvgIpc) is 3.61. The van der Waals surface area contributed by atoms with Crippen molar-refractivity contribution in [3.8, 4) is 11.3 Å². The number of likely N-dealkylation sites (N-methyl/N-ethyl adjacent to an activating group) is 1. The molecule has 39 heavy (non-hydrogen) atoms. The van der Waals surface area contributed by atoms with Crippen molar-refractivity contribution >= 4 is 34.1 Å². The number of hydrogen-bond donors (Lipinski definition) is 1. The number of anilines is 1. The van der Waals surface area contributed by atoms with Gasteiger partial charge in [-0.25, -0.2) is 4.98 Å². The van der Waals surface area contributed by atoms with Crippen molar-refractivity contribution in [1.82, 2.24) is 20.1 Å². The van der Waals surface area contributed by atoms with E-state index >= 15 is 0 Å². The number of nitrogens with one attached hydrogen (secondary N) is 1. The van der Waals surface area contributed by atoms with Gasteiger partial charge in [0.1, 0.15) is 18.7 Å². The topological polar surface area (TPSA) is 95.1 Å². The Kier molecular flexibility index (Phi) is 7.81. The lowest BCUT2D eigenvalue weighted by molar-refractivity contribution is -0.138. The van der Waals surface area contributed by atoms with Gasteiger partial charge in [0.05, 0.1) is 11.8 Å². The lowest BCUT2D eigenvalue weighted by Gasteiger charge is -2.32. The van der Waals surface area contributed by atoms with Crippen LogP contribution in [0.5, 0.6) is 0 Å². The van der Waals surface area contributed by atoms with Crippen LogP contribution in [0.1, 0.15) is 44.5 Å². The molecule has 2 amide bonds. The molecule has 1 aromatic heterocycles. The van der Waals surface area contributed by atoms with Crippen LogP contribution >= 0.6 is 11.3 Å². The number of aromatic nitrogens is 1. The summed E-state index contributed by atoms with van der Waals surface area (Å²) in [7, 11) is 2.14. The molecule has 3 fully saturated rings. The first-order valence-corrected chi connectivity index (χ1v) is 14.6. The van der Waals surface area contributed by atoms with Gasteiger partial charge in [-0.3, -0.25) is 14.4 Å². The van der Waals surface area contributed by atoms with Gasteiger partial charge in [-0.2, -0.15) is 0 Å². The number of hydrogen-bond acceptors (Lipinski definition) is 8. The lowest BCUT2D eigenvalue weighted by atomic mass is 9.87. The van der Waals surface area contributed by atoms with Crippen LogP contribution in [0.25, 0.3) is 11.3 Å². The molecule has 3 aliphatic rings. The molecule has 1 aromatic carbocycles. The zero-order valence-electron chi connectivity index (χ0n) is 23.5. The van der Waals surface area contributed by atoms with Gasteiger partial charge in [0.15, 0.2) is 10.9 Å². The largest absolute Gasteiger partial charge is 0.367 e. The summed E-state index contributed by atoms with van der Waals surface area (Å²) in [5, 5.41) is 6.06. The van der Waals surface area contributed by atoms with Crippen molar-refractivity contribution < 1.29 is 19.1 Å². The maximum Gasteiger partial charge on any atom is 0.251 e. The van der Waals surface area contributed by atoms with Crippen LogP contribution in [0.15, 0.2) is 29.6 Å². The fraction of sp³-hybridized carbons (Fsp3) is 0.586. The molecule has 4 heterocycles. The standard InChI is InChI=1S/C29H39N5O4S/c1-18-15-34(24-23(35)16-38-25(18)24)27(37)21(14-29(2,3)4)30-26(36)20-8-6-19(7-9-20)22-17-39-28(31-22)33-12-10-32(5)11-13-33/h6-9,17-18,21,24-25H,10-16H2,1-5H3,(H,30,36)/t18-,21-,24+,25+/m0/s1. The molecule has 3 saturated heterocycles. The van der Waals surface area contributed by atoms with Crippen LogP contribution in [-0.2, 0) is 14.3 Å². The van der Waals surface area contributed by atoms with Crippen molar-refractivity contribution in [2.75, 3.05) is 51.3 Å². The minimum absolute atomic E-state index is 0.0436. The Hall–Kier alpha value is -2.82. The summed E-state index contributed by atoms with van der Waals surface area (Å²) in [6.45, 7) is 12.6. The predicted molar refractivity (Wildman–Crippen MR) is 152 cm³/mol. The van der Waals surface area contributed by atoms with Gasteiger partial charge in [0, 0.05) is 55.1 Å². The molecule has 9 nitrogen and oxygen atoms in total. The molecule has 210 valence electrons. The van der Waals surface area contributed by atoms with Crippen molar-refractivity contribution in [2.24, 2.45) is 11.3 Å². The van der Waals surface area contributed by atoms with Crippen LogP contribution in [0.4, 0.5) is 5.13 Å². The average molecular weight is 554 g/mol. The summed E-state index contributed by atoms with van der Waals surface area (Å²) in [4.78, 5) is 50.6. The van der Waals surface area contributed by atoms with Crippen LogP contribution < -0.4 is 10.2 Å². The SMILES string of the molecule is C[C@H]1CN(C(=O)[C@H](CC(C)(C)C)NC(=O)c2ccc(-c3csc(N4CCN(C)CC4)n3)cc2)[C@@H]2C(=O)CO[C@@H]21. The monoisotopic (exact) mass is 553 g/mol. The van der Waals surface area contributed by atoms with Gasteiger partial charge >= 0.3 is 0 Å². The quantitative estimate of drug-likeness (QED) is 0.588. The molecule has 2 aromatic rings. The van der Waals surface area contributed by atoms with Crippen LogP contribution in [-0.4, -0.2) is 96.9 Å². The van der Waals surface area contributed by atoms with Crippen molar-refractivity contribution in [2.45, 2.75) is 52.3 Å². The third-order valence-corrected chi connectivity index (χ3v) is 8.75. The Labute approximate surface area is 234 Å². The smallest absolute Gasteiger partial charge is 0.251 e. The van der Waals surface area contributed by atoms with E-state index in [9.17, 15) is 14.4 Å². The molecule has 0 radical (unpaired) electrons. The van der Waals surface area contributed by atoms with Gasteiger partial charge in [0.2, 0.25) is 5.91 Å². The molecular formula is C29H39N5O4S. The number of benzene rings is 1. The number of nitrogens with zero attached hydrogens (tertiary/aromatic N) is 4. The van der Waals surface area contributed by atoms with Gasteiger partial charge in [-0.15, -0.1) is 11.3 Å². The maximum absolute atomic E-state index is 13.7. The summed E-state index contributed by atoms with van der Waals surface area (Å²) in [6.07, 6.45) is 0.198. The minimum atomic E-state index is -0.735. The van der Waals surface area contributed by atoms with E-state index in [1.54, 1.807) is 28.4 Å². The highest BCUT2D eigenvalue weighted by Crippen LogP contribution is 2.33. The number of Topliss-reactive ketones (excluding diaryl/α,β-unsaturated/α-hetero) is 1. The van der Waals surface area contributed by atoms with E-state index < -0.39 is 12.1 Å². The zero-order valence-corrected chi connectivity index (χ0v) is 24.3. The van der Waals surface area contributed by atoms with Crippen molar-refractivity contribution in [3.05, 3.63) is 35.2 Å². The molecule has 0 saturated carbocycles. The number of piperazine rings is 1.